The number of nitrogens with one attached hydrogen (secondary N) is 1. The Bertz CT molecular complexity index is 603. The van der Waals surface area contributed by atoms with Crippen molar-refractivity contribution in [3.05, 3.63) is 65.7 Å². The Morgan fingerprint density at radius 2 is 1.62 bits per heavy atom. The lowest BCUT2D eigenvalue weighted by molar-refractivity contribution is -0.126. The van der Waals surface area contributed by atoms with Crippen LogP contribution in [0.5, 0.6) is 0 Å². The van der Waals surface area contributed by atoms with Crippen LogP contribution in [0.3, 0.4) is 0 Å². The van der Waals surface area contributed by atoms with Crippen LogP contribution in [-0.2, 0) is 10.2 Å². The first-order valence-corrected chi connectivity index (χ1v) is 7.13. The van der Waals surface area contributed by atoms with E-state index in [4.69, 9.17) is 5.73 Å². The minimum atomic E-state index is -0.600. The van der Waals surface area contributed by atoms with Crippen molar-refractivity contribution in [2.24, 2.45) is 0 Å². The van der Waals surface area contributed by atoms with E-state index in [2.05, 4.69) is 5.32 Å². The predicted octanol–water partition coefficient (Wildman–Crippen LogP) is 3.42. The maximum atomic E-state index is 12.6. The summed E-state index contributed by atoms with van der Waals surface area (Å²) in [5.41, 5.74) is 7.85. The number of carbonyl (C=O) groups is 1. The molecule has 0 saturated carbocycles. The Morgan fingerprint density at radius 1 is 1.05 bits per heavy atom. The van der Waals surface area contributed by atoms with Crippen molar-refractivity contribution in [2.75, 3.05) is 5.73 Å². The van der Waals surface area contributed by atoms with Crippen molar-refractivity contribution in [1.82, 2.24) is 5.32 Å². The van der Waals surface area contributed by atoms with Crippen LogP contribution >= 0.6 is 0 Å². The maximum absolute atomic E-state index is 12.6. The molecule has 0 unspecified atom stereocenters. The summed E-state index contributed by atoms with van der Waals surface area (Å²) in [6, 6.07) is 17.4. The molecule has 0 heterocycles. The van der Waals surface area contributed by atoms with Gasteiger partial charge in [-0.1, -0.05) is 42.5 Å². The molecule has 0 saturated heterocycles. The molecule has 2 rings (SSSR count). The van der Waals surface area contributed by atoms with Crippen LogP contribution in [-0.4, -0.2) is 5.91 Å². The lowest BCUT2D eigenvalue weighted by Gasteiger charge is -2.27. The van der Waals surface area contributed by atoms with E-state index in [0.717, 1.165) is 11.1 Å². The number of nitrogens with two attached hydrogens (primary N) is 1. The summed E-state index contributed by atoms with van der Waals surface area (Å²) in [6.45, 7) is 5.84. The number of carbonyl (C=O) groups excluding carboxylic acids is 1. The minimum Gasteiger partial charge on any atom is -0.399 e. The second-order valence-corrected chi connectivity index (χ2v) is 5.85. The van der Waals surface area contributed by atoms with Gasteiger partial charge >= 0.3 is 0 Å². The third-order valence-corrected chi connectivity index (χ3v) is 3.85. The van der Waals surface area contributed by atoms with Gasteiger partial charge in [-0.05, 0) is 44.0 Å². The fourth-order valence-electron chi connectivity index (χ4n) is 2.23. The Labute approximate surface area is 126 Å². The van der Waals surface area contributed by atoms with Crippen LogP contribution in [0.2, 0.25) is 0 Å². The molecule has 0 aliphatic heterocycles. The molecule has 1 amide bonds. The second-order valence-electron chi connectivity index (χ2n) is 5.85. The Kier molecular flexibility index (Phi) is 4.32. The van der Waals surface area contributed by atoms with Crippen LogP contribution in [0.4, 0.5) is 5.69 Å². The van der Waals surface area contributed by atoms with E-state index in [9.17, 15) is 4.79 Å². The first-order chi connectivity index (χ1) is 9.91. The van der Waals surface area contributed by atoms with Crippen LogP contribution in [0.1, 0.15) is 37.9 Å². The summed E-state index contributed by atoms with van der Waals surface area (Å²) >= 11 is 0. The van der Waals surface area contributed by atoms with E-state index < -0.39 is 5.41 Å². The smallest absolute Gasteiger partial charge is 0.230 e. The van der Waals surface area contributed by atoms with Crippen molar-refractivity contribution in [2.45, 2.75) is 32.2 Å². The van der Waals surface area contributed by atoms with E-state index in [1.807, 2.05) is 75.4 Å². The highest BCUT2D eigenvalue weighted by Gasteiger charge is 2.30. The fourth-order valence-corrected chi connectivity index (χ4v) is 2.23. The molecular weight excluding hydrogens is 260 g/mol. The Hall–Kier alpha value is -2.29. The number of benzene rings is 2. The van der Waals surface area contributed by atoms with Crippen molar-refractivity contribution >= 4 is 11.6 Å². The quantitative estimate of drug-likeness (QED) is 0.844. The van der Waals surface area contributed by atoms with Gasteiger partial charge in [0, 0.05) is 5.69 Å². The number of amides is 1. The van der Waals surface area contributed by atoms with E-state index in [1.54, 1.807) is 0 Å². The number of anilines is 1. The molecule has 2 aromatic rings. The van der Waals surface area contributed by atoms with E-state index in [-0.39, 0.29) is 11.9 Å². The molecule has 1 atom stereocenters. The molecule has 2 aromatic carbocycles. The zero-order valence-corrected chi connectivity index (χ0v) is 12.8. The molecule has 0 aromatic heterocycles. The molecule has 0 radical (unpaired) electrons. The molecule has 0 spiro atoms. The zero-order chi connectivity index (χ0) is 15.5. The largest absolute Gasteiger partial charge is 0.399 e. The first kappa shape index (κ1) is 15.1. The summed E-state index contributed by atoms with van der Waals surface area (Å²) < 4.78 is 0. The summed E-state index contributed by atoms with van der Waals surface area (Å²) in [4.78, 5) is 12.6. The van der Waals surface area contributed by atoms with Gasteiger partial charge in [0.25, 0.3) is 0 Å². The summed E-state index contributed by atoms with van der Waals surface area (Å²) in [6.07, 6.45) is 0. The zero-order valence-electron chi connectivity index (χ0n) is 12.8. The number of nitrogen functional groups attached to an aromatic ring is 1. The maximum Gasteiger partial charge on any atom is 0.230 e. The van der Waals surface area contributed by atoms with Crippen LogP contribution in [0, 0.1) is 0 Å². The molecule has 3 nitrogen and oxygen atoms in total. The third kappa shape index (κ3) is 3.43. The molecule has 21 heavy (non-hydrogen) atoms. The van der Waals surface area contributed by atoms with E-state index in [0.29, 0.717) is 5.69 Å². The fraction of sp³-hybridized carbons (Fsp3) is 0.278. The summed E-state index contributed by atoms with van der Waals surface area (Å²) in [7, 11) is 0. The molecule has 0 fully saturated rings. The van der Waals surface area contributed by atoms with Gasteiger partial charge in [-0.3, -0.25) is 4.79 Å². The highest BCUT2D eigenvalue weighted by atomic mass is 16.2. The van der Waals surface area contributed by atoms with Crippen molar-refractivity contribution in [3.63, 3.8) is 0 Å². The minimum absolute atomic E-state index is 0.00336. The van der Waals surface area contributed by atoms with Crippen LogP contribution in [0.25, 0.3) is 0 Å². The molecule has 0 aliphatic rings. The first-order valence-electron chi connectivity index (χ1n) is 7.13. The lowest BCUT2D eigenvalue weighted by Crippen LogP contribution is -2.41. The average Bonchev–Trinajstić information content (AvgIpc) is 2.48. The van der Waals surface area contributed by atoms with Crippen LogP contribution < -0.4 is 11.1 Å². The average molecular weight is 282 g/mol. The number of hydrogen-bond donors (Lipinski definition) is 2. The van der Waals surface area contributed by atoms with Crippen molar-refractivity contribution in [3.8, 4) is 0 Å². The SMILES string of the molecule is C[C@@H](NC(=O)C(C)(C)c1ccc(N)cc1)c1ccccc1. The van der Waals surface area contributed by atoms with Crippen LogP contribution in [0.15, 0.2) is 54.6 Å². The lowest BCUT2D eigenvalue weighted by atomic mass is 9.83. The standard InChI is InChI=1S/C18H22N2O/c1-13(14-7-5-4-6-8-14)20-17(21)18(2,3)15-9-11-16(19)12-10-15/h4-13H,19H2,1-3H3,(H,20,21)/t13-/m1/s1. The third-order valence-electron chi connectivity index (χ3n) is 3.85. The molecule has 0 bridgehead atoms. The normalized spacial score (nSPS) is 12.7. The Morgan fingerprint density at radius 3 is 2.19 bits per heavy atom. The molecule has 3 N–H and O–H groups in total. The van der Waals surface area contributed by atoms with Gasteiger partial charge in [-0.15, -0.1) is 0 Å². The van der Waals surface area contributed by atoms with E-state index >= 15 is 0 Å². The van der Waals surface area contributed by atoms with Gasteiger partial charge in [0.05, 0.1) is 11.5 Å². The summed E-state index contributed by atoms with van der Waals surface area (Å²) in [5, 5.41) is 3.08. The van der Waals surface area contributed by atoms with Gasteiger partial charge in [0.15, 0.2) is 0 Å². The highest BCUT2D eigenvalue weighted by molar-refractivity contribution is 5.87. The summed E-state index contributed by atoms with van der Waals surface area (Å²) in [5.74, 6) is 0.00336. The Balaban J connectivity index is 2.13. The highest BCUT2D eigenvalue weighted by Crippen LogP contribution is 2.25. The number of hydrogen-bond acceptors (Lipinski definition) is 2. The number of rotatable bonds is 4. The van der Waals surface area contributed by atoms with Gasteiger partial charge in [0.2, 0.25) is 5.91 Å². The second kappa shape index (κ2) is 6.00. The molecular formula is C18H22N2O. The van der Waals surface area contributed by atoms with Gasteiger partial charge in [-0.2, -0.15) is 0 Å². The molecule has 0 aliphatic carbocycles. The van der Waals surface area contributed by atoms with Gasteiger partial charge in [0.1, 0.15) is 0 Å². The van der Waals surface area contributed by atoms with Gasteiger partial charge < -0.3 is 11.1 Å². The topological polar surface area (TPSA) is 55.1 Å². The van der Waals surface area contributed by atoms with E-state index in [1.165, 1.54) is 0 Å². The van der Waals surface area contributed by atoms with Gasteiger partial charge in [-0.25, -0.2) is 0 Å². The molecule has 110 valence electrons. The van der Waals surface area contributed by atoms with Crippen molar-refractivity contribution in [1.29, 1.82) is 0 Å². The monoisotopic (exact) mass is 282 g/mol. The van der Waals surface area contributed by atoms with Crippen molar-refractivity contribution < 1.29 is 4.79 Å². The molecule has 3 heteroatoms. The predicted molar refractivity (Wildman–Crippen MR) is 86.9 cm³/mol.